The van der Waals surface area contributed by atoms with Crippen molar-refractivity contribution < 1.29 is 8.42 Å². The van der Waals surface area contributed by atoms with Crippen LogP contribution in [0.1, 0.15) is 12.5 Å². The minimum absolute atomic E-state index is 0.0195. The Labute approximate surface area is 129 Å². The molecule has 0 radical (unpaired) electrons. The third-order valence-corrected chi connectivity index (χ3v) is 4.61. The number of hydrogen-bond donors (Lipinski definition) is 2. The van der Waals surface area contributed by atoms with Crippen LogP contribution in [0.25, 0.3) is 0 Å². The van der Waals surface area contributed by atoms with Crippen LogP contribution in [0.4, 0.5) is 11.5 Å². The Hall–Kier alpha value is -1.79. The minimum atomic E-state index is -3.71. The molecule has 2 rings (SSSR count). The molecule has 0 aliphatic carbocycles. The van der Waals surface area contributed by atoms with Crippen molar-refractivity contribution in [2.45, 2.75) is 18.2 Å². The normalized spacial score (nSPS) is 11.2. The monoisotopic (exact) mass is 325 g/mol. The zero-order valence-electron chi connectivity index (χ0n) is 11.7. The van der Waals surface area contributed by atoms with Gasteiger partial charge in [-0.2, -0.15) is 0 Å². The van der Waals surface area contributed by atoms with Gasteiger partial charge >= 0.3 is 0 Å². The van der Waals surface area contributed by atoms with Crippen molar-refractivity contribution in [3.63, 3.8) is 0 Å². The SMILES string of the molecule is CCc1ccc(NS(=O)(=O)c2cnc(NC)c(Cl)c2)cc1. The molecule has 1 aromatic heterocycles. The molecule has 0 fully saturated rings. The molecular weight excluding hydrogens is 310 g/mol. The van der Waals surface area contributed by atoms with Crippen molar-refractivity contribution in [1.29, 1.82) is 0 Å². The first-order valence-electron chi connectivity index (χ1n) is 6.41. The molecule has 0 amide bonds. The number of sulfonamides is 1. The number of anilines is 2. The van der Waals surface area contributed by atoms with Crippen molar-refractivity contribution in [2.75, 3.05) is 17.1 Å². The van der Waals surface area contributed by atoms with Gasteiger partial charge in [-0.15, -0.1) is 0 Å². The average molecular weight is 326 g/mol. The van der Waals surface area contributed by atoms with Crippen molar-refractivity contribution in [1.82, 2.24) is 4.98 Å². The molecule has 2 N–H and O–H groups in total. The molecule has 7 heteroatoms. The smallest absolute Gasteiger partial charge is 0.263 e. The van der Waals surface area contributed by atoms with Crippen molar-refractivity contribution in [2.24, 2.45) is 0 Å². The molecule has 0 aliphatic rings. The first-order valence-corrected chi connectivity index (χ1v) is 8.27. The van der Waals surface area contributed by atoms with E-state index in [9.17, 15) is 8.42 Å². The van der Waals surface area contributed by atoms with Crippen LogP contribution in [0.3, 0.4) is 0 Å². The number of pyridine rings is 1. The minimum Gasteiger partial charge on any atom is -0.372 e. The molecule has 0 bridgehead atoms. The number of rotatable bonds is 5. The lowest BCUT2D eigenvalue weighted by molar-refractivity contribution is 0.601. The Balaban J connectivity index is 2.26. The maximum atomic E-state index is 12.3. The van der Waals surface area contributed by atoms with E-state index in [2.05, 4.69) is 15.0 Å². The van der Waals surface area contributed by atoms with Crippen LogP contribution in [0.5, 0.6) is 0 Å². The number of hydrogen-bond acceptors (Lipinski definition) is 4. The van der Waals surface area contributed by atoms with Gasteiger partial charge in [0.1, 0.15) is 10.7 Å². The predicted molar refractivity (Wildman–Crippen MR) is 85.4 cm³/mol. The number of nitrogens with one attached hydrogen (secondary N) is 2. The lowest BCUT2D eigenvalue weighted by Crippen LogP contribution is -2.13. The quantitative estimate of drug-likeness (QED) is 0.886. The fourth-order valence-corrected chi connectivity index (χ4v) is 3.13. The summed E-state index contributed by atoms with van der Waals surface area (Å²) < 4.78 is 27.1. The van der Waals surface area contributed by atoms with E-state index in [0.717, 1.165) is 12.0 Å². The lowest BCUT2D eigenvalue weighted by Gasteiger charge is -2.10. The van der Waals surface area contributed by atoms with Gasteiger partial charge in [-0.1, -0.05) is 30.7 Å². The van der Waals surface area contributed by atoms with Crippen LogP contribution in [-0.2, 0) is 16.4 Å². The van der Waals surface area contributed by atoms with Crippen LogP contribution in [0.15, 0.2) is 41.4 Å². The Morgan fingerprint density at radius 3 is 2.43 bits per heavy atom. The molecule has 1 heterocycles. The van der Waals surface area contributed by atoms with Crippen LogP contribution in [0, 0.1) is 0 Å². The average Bonchev–Trinajstić information content (AvgIpc) is 2.47. The Kier molecular flexibility index (Phi) is 4.69. The van der Waals surface area contributed by atoms with Crippen LogP contribution >= 0.6 is 11.6 Å². The molecule has 0 spiro atoms. The maximum Gasteiger partial charge on any atom is 0.263 e. The molecule has 0 saturated heterocycles. The zero-order valence-corrected chi connectivity index (χ0v) is 13.3. The van der Waals surface area contributed by atoms with Gasteiger partial charge < -0.3 is 5.32 Å². The van der Waals surface area contributed by atoms with Gasteiger partial charge in [0.2, 0.25) is 0 Å². The number of aromatic nitrogens is 1. The number of nitrogens with zero attached hydrogens (tertiary/aromatic N) is 1. The highest BCUT2D eigenvalue weighted by Crippen LogP contribution is 2.23. The van der Waals surface area contributed by atoms with Gasteiger partial charge in [-0.05, 0) is 30.2 Å². The maximum absolute atomic E-state index is 12.3. The second kappa shape index (κ2) is 6.32. The molecule has 1 aromatic carbocycles. The summed E-state index contributed by atoms with van der Waals surface area (Å²) in [5, 5.41) is 3.03. The first kappa shape index (κ1) is 15.6. The van der Waals surface area contributed by atoms with E-state index in [4.69, 9.17) is 11.6 Å². The summed E-state index contributed by atoms with van der Waals surface area (Å²) in [4.78, 5) is 3.99. The Bertz CT molecular complexity index is 730. The third kappa shape index (κ3) is 3.65. The van der Waals surface area contributed by atoms with Crippen LogP contribution in [0.2, 0.25) is 5.02 Å². The van der Waals surface area contributed by atoms with Gasteiger partial charge in [0.25, 0.3) is 10.0 Å². The van der Waals surface area contributed by atoms with Crippen molar-refractivity contribution >= 4 is 33.1 Å². The number of aryl methyl sites for hydroxylation is 1. The molecule has 0 unspecified atom stereocenters. The molecule has 5 nitrogen and oxygen atoms in total. The summed E-state index contributed by atoms with van der Waals surface area (Å²) in [6.45, 7) is 2.04. The van der Waals surface area contributed by atoms with Gasteiger partial charge in [-0.25, -0.2) is 13.4 Å². The van der Waals surface area contributed by atoms with Gasteiger partial charge in [0, 0.05) is 18.9 Å². The highest BCUT2D eigenvalue weighted by molar-refractivity contribution is 7.92. The molecule has 2 aromatic rings. The molecule has 21 heavy (non-hydrogen) atoms. The molecule has 112 valence electrons. The fraction of sp³-hybridized carbons (Fsp3) is 0.214. The van der Waals surface area contributed by atoms with Crippen molar-refractivity contribution in [3.05, 3.63) is 47.1 Å². The summed E-state index contributed by atoms with van der Waals surface area (Å²) in [5.74, 6) is 0.433. The van der Waals surface area contributed by atoms with E-state index in [1.54, 1.807) is 19.2 Å². The fourth-order valence-electron chi connectivity index (χ4n) is 1.77. The second-order valence-electron chi connectivity index (χ2n) is 4.41. The first-order chi connectivity index (χ1) is 9.96. The molecular formula is C14H16ClN3O2S. The van der Waals surface area contributed by atoms with Crippen molar-refractivity contribution in [3.8, 4) is 0 Å². The lowest BCUT2D eigenvalue weighted by atomic mass is 10.2. The summed E-state index contributed by atoms with van der Waals surface area (Å²) >= 11 is 5.96. The summed E-state index contributed by atoms with van der Waals surface area (Å²) in [5.41, 5.74) is 1.64. The van der Waals surface area contributed by atoms with Gasteiger partial charge in [-0.3, -0.25) is 4.72 Å². The largest absolute Gasteiger partial charge is 0.372 e. The third-order valence-electron chi connectivity index (χ3n) is 2.98. The topological polar surface area (TPSA) is 71.1 Å². The second-order valence-corrected chi connectivity index (χ2v) is 6.50. The van der Waals surface area contributed by atoms with E-state index in [1.165, 1.54) is 12.3 Å². The highest BCUT2D eigenvalue weighted by Gasteiger charge is 2.16. The van der Waals surface area contributed by atoms with Crippen LogP contribution < -0.4 is 10.0 Å². The van der Waals surface area contributed by atoms with Gasteiger partial charge in [0.05, 0.1) is 5.02 Å². The van der Waals surface area contributed by atoms with E-state index in [0.29, 0.717) is 11.5 Å². The van der Waals surface area contributed by atoms with Crippen LogP contribution in [-0.4, -0.2) is 20.4 Å². The zero-order chi connectivity index (χ0) is 15.5. The Morgan fingerprint density at radius 2 is 1.90 bits per heavy atom. The summed E-state index contributed by atoms with van der Waals surface area (Å²) in [6.07, 6.45) is 2.17. The summed E-state index contributed by atoms with van der Waals surface area (Å²) in [6, 6.07) is 8.59. The molecule has 0 aliphatic heterocycles. The van der Waals surface area contributed by atoms with E-state index in [1.807, 2.05) is 19.1 Å². The standard InChI is InChI=1S/C14H16ClN3O2S/c1-3-10-4-6-11(7-5-10)18-21(19,20)12-8-13(15)14(16-2)17-9-12/h4-9,18H,3H2,1-2H3,(H,16,17). The van der Waals surface area contributed by atoms with E-state index in [-0.39, 0.29) is 9.92 Å². The number of halogens is 1. The number of benzene rings is 1. The molecule has 0 atom stereocenters. The summed E-state index contributed by atoms with van der Waals surface area (Å²) in [7, 11) is -2.04. The van der Waals surface area contributed by atoms with Gasteiger partial charge in [0.15, 0.2) is 0 Å². The molecule has 0 saturated carbocycles. The highest BCUT2D eigenvalue weighted by atomic mass is 35.5. The predicted octanol–water partition coefficient (Wildman–Crippen LogP) is 3.14. The van der Waals surface area contributed by atoms with E-state index < -0.39 is 10.0 Å². The van der Waals surface area contributed by atoms with E-state index >= 15 is 0 Å². The Morgan fingerprint density at radius 1 is 1.24 bits per heavy atom.